The van der Waals surface area contributed by atoms with Crippen LogP contribution in [-0.4, -0.2) is 103 Å². The van der Waals surface area contributed by atoms with E-state index in [2.05, 4.69) is 10.6 Å². The average molecular weight is 595 g/mol. The molecule has 2 amide bonds. The number of halogens is 1. The van der Waals surface area contributed by atoms with E-state index in [0.717, 1.165) is 0 Å². The van der Waals surface area contributed by atoms with Gasteiger partial charge in [0.1, 0.15) is 6.29 Å². The van der Waals surface area contributed by atoms with Gasteiger partial charge in [-0.1, -0.05) is 0 Å². The number of aliphatic hydroxyl groups is 1. The van der Waals surface area contributed by atoms with Gasteiger partial charge in [0, 0.05) is 51.6 Å². The molecule has 2 aliphatic heterocycles. The number of hydrogen-bond donors (Lipinski definition) is 9. The third-order valence-electron chi connectivity index (χ3n) is 7.43. The second-order valence-corrected chi connectivity index (χ2v) is 9.83. The highest BCUT2D eigenvalue weighted by molar-refractivity contribution is 6.07. The van der Waals surface area contributed by atoms with Crippen molar-refractivity contribution >= 4 is 23.8 Å². The monoisotopic (exact) mass is 594 g/mol. The zero-order chi connectivity index (χ0) is 30.9. The first-order valence-corrected chi connectivity index (χ1v) is 12.9. The van der Waals surface area contributed by atoms with Crippen molar-refractivity contribution in [2.45, 2.75) is 38.2 Å². The van der Waals surface area contributed by atoms with Crippen LogP contribution in [0.5, 0.6) is 34.5 Å². The number of likely N-dealkylation sites (N-methyl/N-ethyl adjacent to an activating group) is 1. The Morgan fingerprint density at radius 2 is 1.64 bits per heavy atom. The van der Waals surface area contributed by atoms with E-state index in [1.54, 1.807) is 4.90 Å². The van der Waals surface area contributed by atoms with Crippen molar-refractivity contribution in [1.82, 2.24) is 15.1 Å². The molecule has 2 aliphatic rings. The summed E-state index contributed by atoms with van der Waals surface area (Å²) in [5.74, 6) is -9.31. The van der Waals surface area contributed by atoms with Crippen LogP contribution in [0.3, 0.4) is 0 Å². The predicted molar refractivity (Wildman–Crippen MR) is 140 cm³/mol. The van der Waals surface area contributed by atoms with Gasteiger partial charge in [-0.3, -0.25) is 19.4 Å². The van der Waals surface area contributed by atoms with E-state index in [1.165, 1.54) is 7.05 Å². The number of ether oxygens (including phenoxy) is 1. The van der Waals surface area contributed by atoms with Gasteiger partial charge in [0.25, 0.3) is 11.8 Å². The summed E-state index contributed by atoms with van der Waals surface area (Å²) in [5.41, 5.74) is -4.73. The number of amides is 2. The molecule has 15 nitrogen and oxygen atoms in total. The third-order valence-corrected chi connectivity index (χ3v) is 7.43. The lowest BCUT2D eigenvalue weighted by Crippen LogP contribution is -2.58. The SMILES string of the molecule is CNC(=O)C(O)(CCC=O)N1Cc2c(NCc3c(O)c(O)c(CN4CCOCC4)c(O)c3F)c(O)c(O)c(O)c2C1=O. The molecule has 1 atom stereocenters. The summed E-state index contributed by atoms with van der Waals surface area (Å²) < 4.78 is 20.5. The van der Waals surface area contributed by atoms with E-state index >= 15 is 4.39 Å². The van der Waals surface area contributed by atoms with Gasteiger partial charge >= 0.3 is 0 Å². The second kappa shape index (κ2) is 11.8. The van der Waals surface area contributed by atoms with E-state index in [1.807, 2.05) is 0 Å². The quantitative estimate of drug-likeness (QED) is 0.0992. The molecule has 0 aromatic heterocycles. The molecule has 4 rings (SSSR count). The van der Waals surface area contributed by atoms with Gasteiger partial charge in [0.2, 0.25) is 11.5 Å². The Morgan fingerprint density at radius 3 is 2.26 bits per heavy atom. The summed E-state index contributed by atoms with van der Waals surface area (Å²) in [6.07, 6.45) is -0.432. The molecule has 2 heterocycles. The molecule has 0 saturated carbocycles. The van der Waals surface area contributed by atoms with Crippen LogP contribution < -0.4 is 10.6 Å². The smallest absolute Gasteiger partial charge is 0.273 e. The molecule has 0 spiro atoms. The molecule has 9 N–H and O–H groups in total. The van der Waals surface area contributed by atoms with Crippen LogP contribution in [0.25, 0.3) is 0 Å². The fourth-order valence-corrected chi connectivity index (χ4v) is 5.08. The number of hydrogen-bond acceptors (Lipinski definition) is 13. The lowest BCUT2D eigenvalue weighted by atomic mass is 10.0. The standard InChI is InChI=1S/C26H31FN4O11/c1-28-25(40)26(41,3-2-6-32)31-11-13-15(24(31)39)21(36)23(38)22(37)17(13)29-9-12-16(27)18(33)14(20(35)19(12)34)10-30-4-7-42-8-5-30/h6,29,33-38,41H,2-5,7-11H2,1H3,(H,28,40). The Balaban J connectivity index is 1.70. The number of carbonyl (C=O) groups is 3. The average Bonchev–Trinajstić information content (AvgIpc) is 3.34. The summed E-state index contributed by atoms with van der Waals surface area (Å²) in [6.45, 7) is 0.240. The van der Waals surface area contributed by atoms with Gasteiger partial charge in [0.05, 0.1) is 42.1 Å². The fourth-order valence-electron chi connectivity index (χ4n) is 5.08. The summed E-state index contributed by atoms with van der Waals surface area (Å²) >= 11 is 0. The summed E-state index contributed by atoms with van der Waals surface area (Å²) in [7, 11) is 1.18. The van der Waals surface area contributed by atoms with Gasteiger partial charge in [-0.25, -0.2) is 4.39 Å². The van der Waals surface area contributed by atoms with E-state index in [0.29, 0.717) is 37.5 Å². The number of nitrogens with one attached hydrogen (secondary N) is 2. The highest BCUT2D eigenvalue weighted by Crippen LogP contribution is 2.51. The number of rotatable bonds is 10. The van der Waals surface area contributed by atoms with Gasteiger partial charge < -0.3 is 55.9 Å². The van der Waals surface area contributed by atoms with Crippen molar-refractivity contribution < 1.29 is 59.3 Å². The van der Waals surface area contributed by atoms with E-state index in [9.17, 15) is 50.1 Å². The number of carbonyl (C=O) groups excluding carboxylic acids is 3. The number of aldehydes is 1. The van der Waals surface area contributed by atoms with Crippen LogP contribution in [0.4, 0.5) is 10.1 Å². The third kappa shape index (κ3) is 5.03. The Morgan fingerprint density at radius 1 is 1.00 bits per heavy atom. The van der Waals surface area contributed by atoms with Crippen LogP contribution in [0.15, 0.2) is 0 Å². The highest BCUT2D eigenvalue weighted by atomic mass is 19.1. The van der Waals surface area contributed by atoms with Crippen LogP contribution in [-0.2, 0) is 34.0 Å². The lowest BCUT2D eigenvalue weighted by Gasteiger charge is -2.34. The number of phenols is 6. The minimum Gasteiger partial charge on any atom is -0.504 e. The number of morpholine rings is 1. The van der Waals surface area contributed by atoms with E-state index in [4.69, 9.17) is 4.74 Å². The first kappa shape index (κ1) is 30.4. The minimum absolute atomic E-state index is 0.0877. The molecule has 1 saturated heterocycles. The molecular formula is C26H31FN4O11. The van der Waals surface area contributed by atoms with Crippen LogP contribution in [0.1, 0.15) is 39.9 Å². The molecule has 0 radical (unpaired) electrons. The first-order valence-electron chi connectivity index (χ1n) is 12.9. The number of aromatic hydroxyl groups is 6. The van der Waals surface area contributed by atoms with Gasteiger partial charge in [-0.05, 0) is 0 Å². The number of anilines is 1. The molecule has 0 aliphatic carbocycles. The molecule has 2 aromatic rings. The summed E-state index contributed by atoms with van der Waals surface area (Å²) in [6, 6.07) is 0. The molecule has 42 heavy (non-hydrogen) atoms. The Bertz CT molecular complexity index is 1400. The van der Waals surface area contributed by atoms with Crippen molar-refractivity contribution in [3.63, 3.8) is 0 Å². The maximum Gasteiger partial charge on any atom is 0.273 e. The van der Waals surface area contributed by atoms with Crippen LogP contribution in [0.2, 0.25) is 0 Å². The molecular weight excluding hydrogens is 563 g/mol. The number of nitrogens with zero attached hydrogens (tertiary/aromatic N) is 2. The van der Waals surface area contributed by atoms with Crippen molar-refractivity contribution in [2.75, 3.05) is 38.7 Å². The molecule has 2 aromatic carbocycles. The molecule has 16 heteroatoms. The van der Waals surface area contributed by atoms with Crippen molar-refractivity contribution in [3.8, 4) is 34.5 Å². The Kier molecular flexibility index (Phi) is 8.51. The van der Waals surface area contributed by atoms with Crippen LogP contribution >= 0.6 is 0 Å². The topological polar surface area (TPSA) is 233 Å². The fraction of sp³-hybridized carbons (Fsp3) is 0.423. The molecule has 228 valence electrons. The second-order valence-electron chi connectivity index (χ2n) is 9.83. The Hall–Kier alpha value is -4.54. The first-order chi connectivity index (χ1) is 19.9. The van der Waals surface area contributed by atoms with E-state index < -0.39 is 94.2 Å². The summed E-state index contributed by atoms with van der Waals surface area (Å²) in [5, 5.41) is 78.9. The molecule has 1 unspecified atom stereocenters. The van der Waals surface area contributed by atoms with Crippen molar-refractivity contribution in [2.24, 2.45) is 0 Å². The maximum absolute atomic E-state index is 15.3. The predicted octanol–water partition coefficient (Wildman–Crippen LogP) is -0.127. The van der Waals surface area contributed by atoms with Gasteiger partial charge in [0.15, 0.2) is 34.6 Å². The normalized spacial score (nSPS) is 16.6. The lowest BCUT2D eigenvalue weighted by molar-refractivity contribution is -0.159. The van der Waals surface area contributed by atoms with Crippen molar-refractivity contribution in [1.29, 1.82) is 0 Å². The highest BCUT2D eigenvalue weighted by Gasteiger charge is 2.50. The molecule has 0 bridgehead atoms. The van der Waals surface area contributed by atoms with Gasteiger partial charge in [-0.2, -0.15) is 0 Å². The van der Waals surface area contributed by atoms with Crippen LogP contribution in [0, 0.1) is 5.82 Å². The van der Waals surface area contributed by atoms with Gasteiger partial charge in [-0.15, -0.1) is 0 Å². The maximum atomic E-state index is 15.3. The van der Waals surface area contributed by atoms with E-state index in [-0.39, 0.29) is 24.1 Å². The zero-order valence-corrected chi connectivity index (χ0v) is 22.5. The number of phenolic OH excluding ortho intramolecular Hbond substituents is 6. The molecule has 1 fully saturated rings. The number of fused-ring (bicyclic) bond motifs is 1. The minimum atomic E-state index is -2.57. The Labute approximate surface area is 238 Å². The van der Waals surface area contributed by atoms with Crippen molar-refractivity contribution in [3.05, 3.63) is 28.1 Å². The largest absolute Gasteiger partial charge is 0.504 e. The zero-order valence-electron chi connectivity index (χ0n) is 22.5. The number of benzene rings is 2. The summed E-state index contributed by atoms with van der Waals surface area (Å²) in [4.78, 5) is 39.2.